The van der Waals surface area contributed by atoms with Gasteiger partial charge in [-0.05, 0) is 45.1 Å². The summed E-state index contributed by atoms with van der Waals surface area (Å²) >= 11 is 0. The largest absolute Gasteiger partial charge is 0.373 e. The highest BCUT2D eigenvalue weighted by atomic mass is 16.6. The molecule has 0 aromatic heterocycles. The molecule has 110 valence electrons. The fourth-order valence-electron chi connectivity index (χ4n) is 2.08. The monoisotopic (exact) mass is 270 g/mol. The van der Waals surface area contributed by atoms with Crippen LogP contribution < -0.4 is 10.6 Å². The molecule has 2 rings (SSSR count). The number of carbonyl (C=O) groups is 1. The van der Waals surface area contributed by atoms with Gasteiger partial charge in [-0.2, -0.15) is 0 Å². The number of nitrogens with one attached hydrogen (secondary N) is 2. The maximum atomic E-state index is 11.5. The molecular weight excluding hydrogens is 244 g/mol. The lowest BCUT2D eigenvalue weighted by Crippen LogP contribution is -2.34. The number of carbonyl (C=O) groups excluding carboxylic acids is 1. The van der Waals surface area contributed by atoms with Gasteiger partial charge in [-0.1, -0.05) is 0 Å². The Morgan fingerprint density at radius 2 is 1.53 bits per heavy atom. The van der Waals surface area contributed by atoms with Crippen molar-refractivity contribution in [3.8, 4) is 0 Å². The molecule has 2 atom stereocenters. The predicted molar refractivity (Wildman–Crippen MR) is 73.1 cm³/mol. The minimum absolute atomic E-state index is 0.105. The SMILES string of the molecule is O=C(CNCCCCC1CO1)NCCCCC1CO1. The Labute approximate surface area is 115 Å². The molecule has 0 spiro atoms. The van der Waals surface area contributed by atoms with E-state index in [0.29, 0.717) is 18.8 Å². The van der Waals surface area contributed by atoms with Crippen LogP contribution in [-0.4, -0.2) is 51.0 Å². The quantitative estimate of drug-likeness (QED) is 0.407. The fraction of sp³-hybridized carbons (Fsp3) is 0.929. The molecule has 0 bridgehead atoms. The van der Waals surface area contributed by atoms with Crippen LogP contribution in [0.4, 0.5) is 0 Å². The van der Waals surface area contributed by atoms with Gasteiger partial charge in [0.25, 0.3) is 0 Å². The second-order valence-electron chi connectivity index (χ2n) is 5.43. The van der Waals surface area contributed by atoms with E-state index < -0.39 is 0 Å². The molecule has 5 heteroatoms. The van der Waals surface area contributed by atoms with Crippen LogP contribution in [0.2, 0.25) is 0 Å². The molecule has 2 fully saturated rings. The van der Waals surface area contributed by atoms with Crippen molar-refractivity contribution in [1.82, 2.24) is 10.6 Å². The van der Waals surface area contributed by atoms with Gasteiger partial charge >= 0.3 is 0 Å². The zero-order chi connectivity index (χ0) is 13.3. The van der Waals surface area contributed by atoms with Crippen molar-refractivity contribution in [3.05, 3.63) is 0 Å². The second kappa shape index (κ2) is 8.51. The van der Waals surface area contributed by atoms with Gasteiger partial charge in [-0.25, -0.2) is 0 Å². The third kappa shape index (κ3) is 8.18. The normalized spacial score (nSPS) is 24.2. The molecule has 2 saturated heterocycles. The molecule has 19 heavy (non-hydrogen) atoms. The van der Waals surface area contributed by atoms with E-state index in [0.717, 1.165) is 52.0 Å². The first-order valence-corrected chi connectivity index (χ1v) is 7.55. The molecule has 2 unspecified atom stereocenters. The van der Waals surface area contributed by atoms with Gasteiger partial charge in [-0.15, -0.1) is 0 Å². The van der Waals surface area contributed by atoms with Crippen LogP contribution in [0.1, 0.15) is 38.5 Å². The molecule has 1 amide bonds. The summed E-state index contributed by atoms with van der Waals surface area (Å²) in [6.07, 6.45) is 7.84. The number of hydrogen-bond donors (Lipinski definition) is 2. The number of unbranched alkanes of at least 4 members (excludes halogenated alkanes) is 2. The van der Waals surface area contributed by atoms with E-state index in [1.807, 2.05) is 0 Å². The Kier molecular flexibility index (Phi) is 6.61. The lowest BCUT2D eigenvalue weighted by atomic mass is 10.2. The van der Waals surface area contributed by atoms with E-state index >= 15 is 0 Å². The van der Waals surface area contributed by atoms with Crippen molar-refractivity contribution >= 4 is 5.91 Å². The van der Waals surface area contributed by atoms with Crippen molar-refractivity contribution in [2.24, 2.45) is 0 Å². The third-order valence-corrected chi connectivity index (χ3v) is 3.49. The van der Waals surface area contributed by atoms with Gasteiger partial charge in [-0.3, -0.25) is 4.79 Å². The standard InChI is InChI=1S/C14H26N2O3/c17-14(16-8-4-2-6-13-11-19-13)9-15-7-3-1-5-12-10-18-12/h12-13,15H,1-11H2,(H,16,17). The Morgan fingerprint density at radius 3 is 2.11 bits per heavy atom. The summed E-state index contributed by atoms with van der Waals surface area (Å²) in [7, 11) is 0. The molecule has 0 aromatic rings. The third-order valence-electron chi connectivity index (χ3n) is 3.49. The number of epoxide rings is 2. The van der Waals surface area contributed by atoms with Crippen molar-refractivity contribution in [2.75, 3.05) is 32.8 Å². The maximum absolute atomic E-state index is 11.5. The van der Waals surface area contributed by atoms with Crippen LogP contribution in [0.3, 0.4) is 0 Å². The summed E-state index contributed by atoms with van der Waals surface area (Å²) in [4.78, 5) is 11.5. The van der Waals surface area contributed by atoms with E-state index in [9.17, 15) is 4.79 Å². The lowest BCUT2D eigenvalue weighted by molar-refractivity contribution is -0.120. The number of ether oxygens (including phenoxy) is 2. The van der Waals surface area contributed by atoms with Crippen LogP contribution in [0.15, 0.2) is 0 Å². The Morgan fingerprint density at radius 1 is 0.947 bits per heavy atom. The first-order chi connectivity index (χ1) is 9.34. The highest BCUT2D eigenvalue weighted by molar-refractivity contribution is 5.77. The number of hydrogen-bond acceptors (Lipinski definition) is 4. The highest BCUT2D eigenvalue weighted by Crippen LogP contribution is 2.16. The van der Waals surface area contributed by atoms with Gasteiger partial charge < -0.3 is 20.1 Å². The van der Waals surface area contributed by atoms with Gasteiger partial charge in [0, 0.05) is 6.54 Å². The zero-order valence-electron chi connectivity index (χ0n) is 11.7. The Hall–Kier alpha value is -0.650. The summed E-state index contributed by atoms with van der Waals surface area (Å²) < 4.78 is 10.3. The van der Waals surface area contributed by atoms with E-state index in [2.05, 4.69) is 10.6 Å². The van der Waals surface area contributed by atoms with Gasteiger partial charge in [0.1, 0.15) is 0 Å². The molecule has 5 nitrogen and oxygen atoms in total. The summed E-state index contributed by atoms with van der Waals surface area (Å²) in [5, 5.41) is 6.11. The summed E-state index contributed by atoms with van der Waals surface area (Å²) in [5.74, 6) is 0.105. The Bertz CT molecular complexity index is 265. The molecule has 2 N–H and O–H groups in total. The second-order valence-corrected chi connectivity index (χ2v) is 5.43. The zero-order valence-corrected chi connectivity index (χ0v) is 11.7. The smallest absolute Gasteiger partial charge is 0.233 e. The van der Waals surface area contributed by atoms with E-state index in [1.54, 1.807) is 0 Å². The molecule has 0 saturated carbocycles. The van der Waals surface area contributed by atoms with Crippen LogP contribution in [0.5, 0.6) is 0 Å². The molecule has 2 aliphatic rings. The average molecular weight is 270 g/mol. The number of amides is 1. The first-order valence-electron chi connectivity index (χ1n) is 7.55. The maximum Gasteiger partial charge on any atom is 0.233 e. The van der Waals surface area contributed by atoms with Gasteiger partial charge in [0.15, 0.2) is 0 Å². The molecule has 2 aliphatic heterocycles. The topological polar surface area (TPSA) is 66.2 Å². The Balaban J connectivity index is 1.28. The van der Waals surface area contributed by atoms with Gasteiger partial charge in [0.05, 0.1) is 32.0 Å². The van der Waals surface area contributed by atoms with Crippen molar-refractivity contribution in [1.29, 1.82) is 0 Å². The van der Waals surface area contributed by atoms with E-state index in [1.165, 1.54) is 12.8 Å². The lowest BCUT2D eigenvalue weighted by Gasteiger charge is -2.06. The van der Waals surface area contributed by atoms with E-state index in [4.69, 9.17) is 9.47 Å². The van der Waals surface area contributed by atoms with Crippen LogP contribution >= 0.6 is 0 Å². The first kappa shape index (κ1) is 14.8. The highest BCUT2D eigenvalue weighted by Gasteiger charge is 2.21. The predicted octanol–water partition coefficient (Wildman–Crippen LogP) is 0.830. The minimum Gasteiger partial charge on any atom is -0.373 e. The number of rotatable bonds is 12. The van der Waals surface area contributed by atoms with Gasteiger partial charge in [0.2, 0.25) is 5.91 Å². The molecule has 2 heterocycles. The van der Waals surface area contributed by atoms with Crippen molar-refractivity contribution in [3.63, 3.8) is 0 Å². The summed E-state index contributed by atoms with van der Waals surface area (Å²) in [6.45, 7) is 4.02. The van der Waals surface area contributed by atoms with E-state index in [-0.39, 0.29) is 5.91 Å². The van der Waals surface area contributed by atoms with Crippen LogP contribution in [-0.2, 0) is 14.3 Å². The van der Waals surface area contributed by atoms with Crippen molar-refractivity contribution < 1.29 is 14.3 Å². The molecule has 0 aromatic carbocycles. The average Bonchev–Trinajstić information content (AvgIpc) is 3.26. The molecule has 0 aliphatic carbocycles. The van der Waals surface area contributed by atoms with Crippen LogP contribution in [0.25, 0.3) is 0 Å². The molecule has 0 radical (unpaired) electrons. The van der Waals surface area contributed by atoms with Crippen molar-refractivity contribution in [2.45, 2.75) is 50.7 Å². The summed E-state index contributed by atoms with van der Waals surface area (Å²) in [6, 6.07) is 0. The minimum atomic E-state index is 0.105. The summed E-state index contributed by atoms with van der Waals surface area (Å²) in [5.41, 5.74) is 0. The fourth-order valence-corrected chi connectivity index (χ4v) is 2.08. The van der Waals surface area contributed by atoms with Crippen LogP contribution in [0, 0.1) is 0 Å². The molecular formula is C14H26N2O3.